The molecule has 0 saturated carbocycles. The Bertz CT molecular complexity index is 341. The van der Waals surface area contributed by atoms with E-state index in [9.17, 15) is 4.79 Å². The highest BCUT2D eigenvalue weighted by molar-refractivity contribution is 5.83. The molecule has 16 heavy (non-hydrogen) atoms. The van der Waals surface area contributed by atoms with Gasteiger partial charge in [0.15, 0.2) is 0 Å². The highest BCUT2D eigenvalue weighted by Crippen LogP contribution is 2.20. The zero-order valence-corrected chi connectivity index (χ0v) is 9.86. The largest absolute Gasteiger partial charge is 0.342 e. The minimum atomic E-state index is -0.000648. The molecule has 1 unspecified atom stereocenters. The molecular weight excluding hydrogens is 198 g/mol. The molecule has 1 fully saturated rings. The molecule has 1 atom stereocenters. The van der Waals surface area contributed by atoms with Crippen molar-refractivity contribution in [1.29, 1.82) is 0 Å². The molecule has 1 heterocycles. The maximum atomic E-state index is 12.2. The standard InChI is InChI=1S/C14H19NO/c1-12(13-8-4-2-5-9-13)14(16)15-10-6-3-7-11-15/h2,4-5,8-9,12H,3,6-7,10-11H2,1H3. The van der Waals surface area contributed by atoms with Crippen molar-refractivity contribution in [2.24, 2.45) is 0 Å². The fourth-order valence-electron chi connectivity index (χ4n) is 2.27. The molecule has 86 valence electrons. The van der Waals surface area contributed by atoms with Gasteiger partial charge in [-0.1, -0.05) is 30.3 Å². The molecule has 2 rings (SSSR count). The van der Waals surface area contributed by atoms with Crippen molar-refractivity contribution in [2.75, 3.05) is 13.1 Å². The van der Waals surface area contributed by atoms with Crippen LogP contribution in [0.15, 0.2) is 30.3 Å². The molecule has 0 aliphatic carbocycles. The lowest BCUT2D eigenvalue weighted by atomic mass is 9.98. The molecule has 0 spiro atoms. The average molecular weight is 217 g/mol. The molecule has 2 nitrogen and oxygen atoms in total. The Morgan fingerprint density at radius 1 is 1.12 bits per heavy atom. The first kappa shape index (κ1) is 11.2. The van der Waals surface area contributed by atoms with Gasteiger partial charge in [0.25, 0.3) is 0 Å². The lowest BCUT2D eigenvalue weighted by Crippen LogP contribution is -2.38. The molecular formula is C14H19NO. The second-order valence-electron chi connectivity index (χ2n) is 4.52. The highest BCUT2D eigenvalue weighted by atomic mass is 16.2. The third-order valence-corrected chi connectivity index (χ3v) is 3.34. The Kier molecular flexibility index (Phi) is 3.60. The Labute approximate surface area is 97.3 Å². The maximum Gasteiger partial charge on any atom is 0.229 e. The topological polar surface area (TPSA) is 20.3 Å². The monoisotopic (exact) mass is 217 g/mol. The fraction of sp³-hybridized carbons (Fsp3) is 0.500. The molecule has 0 radical (unpaired) electrons. The molecule has 0 bridgehead atoms. The van der Waals surface area contributed by atoms with Crippen LogP contribution in [0.2, 0.25) is 0 Å². The Morgan fingerprint density at radius 3 is 2.38 bits per heavy atom. The molecule has 1 aliphatic heterocycles. The molecule has 0 N–H and O–H groups in total. The first-order valence-corrected chi connectivity index (χ1v) is 6.13. The van der Waals surface area contributed by atoms with E-state index in [0.29, 0.717) is 0 Å². The normalized spacial score (nSPS) is 18.2. The molecule has 1 aromatic rings. The highest BCUT2D eigenvalue weighted by Gasteiger charge is 2.22. The molecule has 1 amide bonds. The van der Waals surface area contributed by atoms with Crippen molar-refractivity contribution in [2.45, 2.75) is 32.1 Å². The summed E-state index contributed by atoms with van der Waals surface area (Å²) in [5, 5.41) is 0. The molecule has 1 aliphatic rings. The van der Waals surface area contributed by atoms with Crippen LogP contribution < -0.4 is 0 Å². The van der Waals surface area contributed by atoms with Gasteiger partial charge >= 0.3 is 0 Å². The number of carbonyl (C=O) groups excluding carboxylic acids is 1. The first-order valence-electron chi connectivity index (χ1n) is 6.13. The zero-order chi connectivity index (χ0) is 11.4. The molecule has 2 heteroatoms. The SMILES string of the molecule is CC(C(=O)N1CCCCC1)c1ccccc1. The summed E-state index contributed by atoms with van der Waals surface area (Å²) in [5.41, 5.74) is 1.12. The Hall–Kier alpha value is -1.31. The van der Waals surface area contributed by atoms with Gasteiger partial charge < -0.3 is 4.90 Å². The second-order valence-corrected chi connectivity index (χ2v) is 4.52. The van der Waals surface area contributed by atoms with Gasteiger partial charge in [-0.3, -0.25) is 4.79 Å². The summed E-state index contributed by atoms with van der Waals surface area (Å²) >= 11 is 0. The summed E-state index contributed by atoms with van der Waals surface area (Å²) in [6.07, 6.45) is 3.59. The fourth-order valence-corrected chi connectivity index (χ4v) is 2.27. The van der Waals surface area contributed by atoms with Gasteiger partial charge in [0.1, 0.15) is 0 Å². The van der Waals surface area contributed by atoms with E-state index in [1.54, 1.807) is 0 Å². The van der Waals surface area contributed by atoms with E-state index in [2.05, 4.69) is 0 Å². The van der Waals surface area contributed by atoms with Gasteiger partial charge in [-0.05, 0) is 31.7 Å². The van der Waals surface area contributed by atoms with Gasteiger partial charge in [0, 0.05) is 13.1 Å². The predicted octanol–water partition coefficient (Wildman–Crippen LogP) is 2.80. The van der Waals surface area contributed by atoms with E-state index < -0.39 is 0 Å². The number of likely N-dealkylation sites (tertiary alicyclic amines) is 1. The van der Waals surface area contributed by atoms with E-state index in [1.807, 2.05) is 42.2 Å². The maximum absolute atomic E-state index is 12.2. The van der Waals surface area contributed by atoms with E-state index >= 15 is 0 Å². The lowest BCUT2D eigenvalue weighted by molar-refractivity contribution is -0.133. The van der Waals surface area contributed by atoms with Gasteiger partial charge in [-0.15, -0.1) is 0 Å². The summed E-state index contributed by atoms with van der Waals surface area (Å²) in [7, 11) is 0. The van der Waals surface area contributed by atoms with Gasteiger partial charge in [-0.2, -0.15) is 0 Å². The van der Waals surface area contributed by atoms with Crippen molar-refractivity contribution in [3.63, 3.8) is 0 Å². The molecule has 1 aromatic carbocycles. The van der Waals surface area contributed by atoms with Crippen LogP contribution in [-0.2, 0) is 4.79 Å². The third-order valence-electron chi connectivity index (χ3n) is 3.34. The number of nitrogens with zero attached hydrogens (tertiary/aromatic N) is 1. The van der Waals surface area contributed by atoms with Crippen LogP contribution in [0.25, 0.3) is 0 Å². The number of benzene rings is 1. The first-order chi connectivity index (χ1) is 7.79. The van der Waals surface area contributed by atoms with Crippen LogP contribution in [0.3, 0.4) is 0 Å². The third kappa shape index (κ3) is 2.43. The summed E-state index contributed by atoms with van der Waals surface area (Å²) in [4.78, 5) is 14.2. The number of hydrogen-bond donors (Lipinski definition) is 0. The van der Waals surface area contributed by atoms with Crippen LogP contribution in [0, 0.1) is 0 Å². The van der Waals surface area contributed by atoms with Crippen molar-refractivity contribution in [3.8, 4) is 0 Å². The van der Waals surface area contributed by atoms with E-state index in [1.165, 1.54) is 6.42 Å². The van der Waals surface area contributed by atoms with Crippen molar-refractivity contribution < 1.29 is 4.79 Å². The zero-order valence-electron chi connectivity index (χ0n) is 9.86. The van der Waals surface area contributed by atoms with Crippen LogP contribution in [0.1, 0.15) is 37.7 Å². The van der Waals surface area contributed by atoms with E-state index in [4.69, 9.17) is 0 Å². The van der Waals surface area contributed by atoms with Gasteiger partial charge in [-0.25, -0.2) is 0 Å². The molecule has 0 aromatic heterocycles. The van der Waals surface area contributed by atoms with Crippen LogP contribution in [0.4, 0.5) is 0 Å². The predicted molar refractivity (Wildman–Crippen MR) is 65.3 cm³/mol. The van der Waals surface area contributed by atoms with Crippen molar-refractivity contribution in [1.82, 2.24) is 4.90 Å². The minimum absolute atomic E-state index is 0.000648. The number of piperidine rings is 1. The van der Waals surface area contributed by atoms with Gasteiger partial charge in [0.2, 0.25) is 5.91 Å². The van der Waals surface area contributed by atoms with E-state index in [0.717, 1.165) is 31.5 Å². The summed E-state index contributed by atoms with van der Waals surface area (Å²) in [6, 6.07) is 10.0. The minimum Gasteiger partial charge on any atom is -0.342 e. The molecule has 1 saturated heterocycles. The van der Waals surface area contributed by atoms with Crippen molar-refractivity contribution in [3.05, 3.63) is 35.9 Å². The second kappa shape index (κ2) is 5.15. The smallest absolute Gasteiger partial charge is 0.229 e. The van der Waals surface area contributed by atoms with E-state index in [-0.39, 0.29) is 11.8 Å². The van der Waals surface area contributed by atoms with Gasteiger partial charge in [0.05, 0.1) is 5.92 Å². The Morgan fingerprint density at radius 2 is 1.75 bits per heavy atom. The van der Waals surface area contributed by atoms with Crippen LogP contribution >= 0.6 is 0 Å². The summed E-state index contributed by atoms with van der Waals surface area (Å²) < 4.78 is 0. The van der Waals surface area contributed by atoms with Crippen molar-refractivity contribution >= 4 is 5.91 Å². The quantitative estimate of drug-likeness (QED) is 0.746. The van der Waals surface area contributed by atoms with Crippen LogP contribution in [-0.4, -0.2) is 23.9 Å². The number of amides is 1. The van der Waals surface area contributed by atoms with Crippen LogP contribution in [0.5, 0.6) is 0 Å². The summed E-state index contributed by atoms with van der Waals surface area (Å²) in [5.74, 6) is 0.283. The lowest BCUT2D eigenvalue weighted by Gasteiger charge is -2.29. The number of hydrogen-bond acceptors (Lipinski definition) is 1. The Balaban J connectivity index is 2.04. The number of carbonyl (C=O) groups is 1. The summed E-state index contributed by atoms with van der Waals surface area (Å²) in [6.45, 7) is 3.89. The number of rotatable bonds is 2. The average Bonchev–Trinajstić information content (AvgIpc) is 2.39.